The van der Waals surface area contributed by atoms with E-state index in [1.54, 1.807) is 5.38 Å². The number of nitrogens with one attached hydrogen (secondary N) is 1. The molecule has 102 valence electrons. The van der Waals surface area contributed by atoms with Gasteiger partial charge in [-0.2, -0.15) is 13.2 Å². The van der Waals surface area contributed by atoms with E-state index in [0.29, 0.717) is 12.2 Å². The Kier molecular flexibility index (Phi) is 4.09. The fourth-order valence-electron chi connectivity index (χ4n) is 1.55. The zero-order valence-corrected chi connectivity index (χ0v) is 11.1. The van der Waals surface area contributed by atoms with Crippen molar-refractivity contribution in [3.63, 3.8) is 0 Å². The van der Waals surface area contributed by atoms with Crippen LogP contribution in [0.1, 0.15) is 16.3 Å². The second kappa shape index (κ2) is 5.61. The number of aromatic nitrogens is 1. The van der Waals surface area contributed by atoms with Crippen LogP contribution >= 0.6 is 11.3 Å². The SMILES string of the molecule is Cc1ccc(NCc2csc(CC(F)(F)F)n2)cc1. The lowest BCUT2D eigenvalue weighted by molar-refractivity contribution is -0.127. The van der Waals surface area contributed by atoms with Crippen LogP contribution in [0.3, 0.4) is 0 Å². The number of hydrogen-bond acceptors (Lipinski definition) is 3. The summed E-state index contributed by atoms with van der Waals surface area (Å²) >= 11 is 1.04. The van der Waals surface area contributed by atoms with Crippen LogP contribution in [0.2, 0.25) is 0 Å². The Bertz CT molecular complexity index is 532. The van der Waals surface area contributed by atoms with Crippen molar-refractivity contribution in [1.82, 2.24) is 4.98 Å². The van der Waals surface area contributed by atoms with Crippen molar-refractivity contribution in [1.29, 1.82) is 0 Å². The van der Waals surface area contributed by atoms with Gasteiger partial charge < -0.3 is 5.32 Å². The van der Waals surface area contributed by atoms with Crippen LogP contribution in [-0.4, -0.2) is 11.2 Å². The number of aryl methyl sites for hydroxylation is 1. The Labute approximate surface area is 113 Å². The lowest BCUT2D eigenvalue weighted by atomic mass is 10.2. The predicted octanol–water partition coefficient (Wildman–Crippen LogP) is 4.17. The number of thiazole rings is 1. The molecule has 0 aliphatic rings. The van der Waals surface area contributed by atoms with Crippen LogP contribution in [0.4, 0.5) is 18.9 Å². The summed E-state index contributed by atoms with van der Waals surface area (Å²) in [6.45, 7) is 2.42. The zero-order valence-electron chi connectivity index (χ0n) is 10.3. The van der Waals surface area contributed by atoms with Crippen molar-refractivity contribution in [3.8, 4) is 0 Å². The van der Waals surface area contributed by atoms with E-state index in [2.05, 4.69) is 10.3 Å². The second-order valence-electron chi connectivity index (χ2n) is 4.24. The highest BCUT2D eigenvalue weighted by Gasteiger charge is 2.29. The van der Waals surface area contributed by atoms with E-state index >= 15 is 0 Å². The van der Waals surface area contributed by atoms with Crippen LogP contribution in [0.5, 0.6) is 0 Å². The Morgan fingerprint density at radius 3 is 2.53 bits per heavy atom. The van der Waals surface area contributed by atoms with E-state index in [9.17, 15) is 13.2 Å². The minimum absolute atomic E-state index is 0.105. The molecule has 1 aromatic heterocycles. The monoisotopic (exact) mass is 286 g/mol. The Hall–Kier alpha value is -1.56. The van der Waals surface area contributed by atoms with Gasteiger partial charge in [0.1, 0.15) is 5.01 Å². The molecule has 1 N–H and O–H groups in total. The molecule has 2 rings (SSSR count). The van der Waals surface area contributed by atoms with E-state index in [0.717, 1.165) is 22.6 Å². The Balaban J connectivity index is 1.91. The summed E-state index contributed by atoms with van der Waals surface area (Å²) in [7, 11) is 0. The average molecular weight is 286 g/mol. The van der Waals surface area contributed by atoms with Crippen LogP contribution < -0.4 is 5.32 Å². The molecule has 0 bridgehead atoms. The largest absolute Gasteiger partial charge is 0.395 e. The molecule has 2 nitrogen and oxygen atoms in total. The summed E-state index contributed by atoms with van der Waals surface area (Å²) in [5.41, 5.74) is 2.72. The van der Waals surface area contributed by atoms with Gasteiger partial charge in [0.25, 0.3) is 0 Å². The number of benzene rings is 1. The normalized spacial score (nSPS) is 11.6. The summed E-state index contributed by atoms with van der Waals surface area (Å²) in [4.78, 5) is 3.96. The molecule has 0 saturated carbocycles. The number of nitrogens with zero attached hydrogens (tertiary/aromatic N) is 1. The van der Waals surface area contributed by atoms with Gasteiger partial charge in [0.2, 0.25) is 0 Å². The van der Waals surface area contributed by atoms with Gasteiger partial charge in [-0.25, -0.2) is 4.98 Å². The van der Waals surface area contributed by atoms with Crippen LogP contribution in [0.15, 0.2) is 29.6 Å². The molecule has 1 heterocycles. The first-order chi connectivity index (χ1) is 8.92. The lowest BCUT2D eigenvalue weighted by Gasteiger charge is -2.04. The highest BCUT2D eigenvalue weighted by Crippen LogP contribution is 2.23. The Morgan fingerprint density at radius 1 is 1.21 bits per heavy atom. The van der Waals surface area contributed by atoms with E-state index in [1.165, 1.54) is 0 Å². The third-order valence-corrected chi connectivity index (χ3v) is 3.37. The second-order valence-corrected chi connectivity index (χ2v) is 5.19. The number of alkyl halides is 3. The van der Waals surface area contributed by atoms with Crippen LogP contribution in [0.25, 0.3) is 0 Å². The van der Waals surface area contributed by atoms with Gasteiger partial charge >= 0.3 is 6.18 Å². The molecule has 0 aliphatic heterocycles. The average Bonchev–Trinajstić information content (AvgIpc) is 2.73. The highest BCUT2D eigenvalue weighted by atomic mass is 32.1. The summed E-state index contributed by atoms with van der Waals surface area (Å²) in [6.07, 6.45) is -5.15. The maximum Gasteiger partial charge on any atom is 0.395 e. The number of hydrogen-bond donors (Lipinski definition) is 1. The molecule has 0 radical (unpaired) electrons. The number of anilines is 1. The van der Waals surface area contributed by atoms with Crippen molar-refractivity contribution < 1.29 is 13.2 Å². The van der Waals surface area contributed by atoms with Gasteiger partial charge in [0.05, 0.1) is 18.7 Å². The van der Waals surface area contributed by atoms with Crippen molar-refractivity contribution in [2.45, 2.75) is 26.1 Å². The molecule has 0 atom stereocenters. The topological polar surface area (TPSA) is 24.9 Å². The molecule has 19 heavy (non-hydrogen) atoms. The van der Waals surface area contributed by atoms with E-state index in [4.69, 9.17) is 0 Å². The lowest BCUT2D eigenvalue weighted by Crippen LogP contribution is -2.11. The van der Waals surface area contributed by atoms with Crippen molar-refractivity contribution in [2.75, 3.05) is 5.32 Å². The van der Waals surface area contributed by atoms with Gasteiger partial charge in [-0.1, -0.05) is 17.7 Å². The van der Waals surface area contributed by atoms with Crippen LogP contribution in [0, 0.1) is 6.92 Å². The van der Waals surface area contributed by atoms with Crippen molar-refractivity contribution in [3.05, 3.63) is 45.9 Å². The third-order valence-electron chi connectivity index (χ3n) is 2.48. The fourth-order valence-corrected chi connectivity index (χ4v) is 2.37. The maximum absolute atomic E-state index is 12.2. The molecule has 1 aromatic carbocycles. The van der Waals surface area contributed by atoms with Gasteiger partial charge in [-0.05, 0) is 19.1 Å². The fraction of sp³-hybridized carbons (Fsp3) is 0.308. The van der Waals surface area contributed by atoms with Gasteiger partial charge in [0, 0.05) is 11.1 Å². The summed E-state index contributed by atoms with van der Waals surface area (Å²) in [5, 5.41) is 4.89. The first kappa shape index (κ1) is 13.9. The first-order valence-electron chi connectivity index (χ1n) is 5.73. The zero-order chi connectivity index (χ0) is 13.9. The standard InChI is InChI=1S/C13H13F3N2S/c1-9-2-4-10(5-3-9)17-7-11-8-19-12(18-11)6-13(14,15)16/h2-5,8,17H,6-7H2,1H3. The Morgan fingerprint density at radius 2 is 1.89 bits per heavy atom. The molecule has 6 heteroatoms. The molecule has 0 amide bonds. The third kappa shape index (κ3) is 4.55. The minimum Gasteiger partial charge on any atom is -0.379 e. The number of rotatable bonds is 4. The molecule has 0 fully saturated rings. The summed E-state index contributed by atoms with van der Waals surface area (Å²) in [6, 6.07) is 7.80. The molecule has 0 spiro atoms. The molecule has 0 saturated heterocycles. The highest BCUT2D eigenvalue weighted by molar-refractivity contribution is 7.09. The van der Waals surface area contributed by atoms with Gasteiger partial charge in [-0.3, -0.25) is 0 Å². The minimum atomic E-state index is -4.19. The molecular formula is C13H13F3N2S. The van der Waals surface area contributed by atoms with Crippen molar-refractivity contribution in [2.24, 2.45) is 0 Å². The molecule has 2 aromatic rings. The first-order valence-corrected chi connectivity index (χ1v) is 6.61. The van der Waals surface area contributed by atoms with E-state index in [-0.39, 0.29) is 5.01 Å². The molecule has 0 unspecified atom stereocenters. The van der Waals surface area contributed by atoms with E-state index < -0.39 is 12.6 Å². The number of halogens is 3. The van der Waals surface area contributed by atoms with Gasteiger partial charge in [-0.15, -0.1) is 11.3 Å². The van der Waals surface area contributed by atoms with Gasteiger partial charge in [0.15, 0.2) is 0 Å². The van der Waals surface area contributed by atoms with E-state index in [1.807, 2.05) is 31.2 Å². The van der Waals surface area contributed by atoms with Crippen molar-refractivity contribution >= 4 is 17.0 Å². The maximum atomic E-state index is 12.2. The molecular weight excluding hydrogens is 273 g/mol. The summed E-state index contributed by atoms with van der Waals surface area (Å²) in [5.74, 6) is 0. The van der Waals surface area contributed by atoms with Crippen LogP contribution in [-0.2, 0) is 13.0 Å². The smallest absolute Gasteiger partial charge is 0.379 e. The predicted molar refractivity (Wildman–Crippen MR) is 70.4 cm³/mol. The quantitative estimate of drug-likeness (QED) is 0.912. The summed E-state index contributed by atoms with van der Waals surface area (Å²) < 4.78 is 36.6. The molecule has 0 aliphatic carbocycles.